The van der Waals surface area contributed by atoms with E-state index in [1.807, 2.05) is 6.07 Å². The first-order valence-corrected chi connectivity index (χ1v) is 5.84. The van der Waals surface area contributed by atoms with Crippen LogP contribution >= 0.6 is 0 Å². The van der Waals surface area contributed by atoms with Gasteiger partial charge in [-0.25, -0.2) is 0 Å². The predicted octanol–water partition coefficient (Wildman–Crippen LogP) is 2.78. The molecule has 1 aromatic carbocycles. The Hall–Kier alpha value is -3.07. The van der Waals surface area contributed by atoms with E-state index in [4.69, 9.17) is 18.9 Å². The van der Waals surface area contributed by atoms with Crippen LogP contribution in [0.3, 0.4) is 0 Å². The van der Waals surface area contributed by atoms with E-state index in [1.54, 1.807) is 42.7 Å². The van der Waals surface area contributed by atoms with Gasteiger partial charge in [0.05, 0.1) is 17.9 Å². The van der Waals surface area contributed by atoms with Crippen molar-refractivity contribution < 1.29 is 13.7 Å². The maximum atomic E-state index is 8.70. The lowest BCUT2D eigenvalue weighted by atomic mass is 10.2. The summed E-state index contributed by atoms with van der Waals surface area (Å²) in [7, 11) is 0. The molecule has 98 valence electrons. The van der Waals surface area contributed by atoms with E-state index in [1.165, 1.54) is 0 Å². The second-order valence-corrected chi connectivity index (χ2v) is 3.91. The van der Waals surface area contributed by atoms with Gasteiger partial charge in [0.2, 0.25) is 5.82 Å². The van der Waals surface area contributed by atoms with E-state index in [-0.39, 0.29) is 6.61 Å². The van der Waals surface area contributed by atoms with Gasteiger partial charge in [-0.2, -0.15) is 10.2 Å². The van der Waals surface area contributed by atoms with E-state index >= 15 is 0 Å². The Balaban J connectivity index is 1.65. The number of nitriles is 1. The number of hydrogen-bond donors (Lipinski definition) is 0. The molecule has 0 aliphatic carbocycles. The maximum Gasteiger partial charge on any atom is 0.264 e. The van der Waals surface area contributed by atoms with Crippen LogP contribution in [-0.2, 0) is 6.61 Å². The molecule has 6 nitrogen and oxygen atoms in total. The highest BCUT2D eigenvalue weighted by Gasteiger charge is 2.11. The third-order valence-electron chi connectivity index (χ3n) is 2.56. The molecule has 0 atom stereocenters. The van der Waals surface area contributed by atoms with Crippen molar-refractivity contribution in [2.24, 2.45) is 0 Å². The van der Waals surface area contributed by atoms with Crippen molar-refractivity contribution in [3.8, 4) is 23.4 Å². The second kappa shape index (κ2) is 5.28. The molecule has 3 rings (SSSR count). The van der Waals surface area contributed by atoms with Crippen molar-refractivity contribution in [1.82, 2.24) is 10.1 Å². The minimum atomic E-state index is 0.152. The molecular formula is C14H9N3O3. The van der Waals surface area contributed by atoms with Crippen molar-refractivity contribution in [3.05, 3.63) is 54.1 Å². The average molecular weight is 267 g/mol. The van der Waals surface area contributed by atoms with Crippen molar-refractivity contribution in [2.75, 3.05) is 0 Å². The third kappa shape index (κ3) is 2.52. The lowest BCUT2D eigenvalue weighted by molar-refractivity contribution is 0.243. The maximum absolute atomic E-state index is 8.70. The monoisotopic (exact) mass is 267 g/mol. The molecule has 0 unspecified atom stereocenters. The van der Waals surface area contributed by atoms with Crippen molar-refractivity contribution in [2.45, 2.75) is 6.61 Å². The Bertz CT molecular complexity index is 724. The van der Waals surface area contributed by atoms with E-state index in [9.17, 15) is 0 Å². The number of hydrogen-bond acceptors (Lipinski definition) is 6. The Morgan fingerprint density at radius 1 is 1.20 bits per heavy atom. The normalized spacial score (nSPS) is 10.2. The number of aromatic nitrogens is 2. The van der Waals surface area contributed by atoms with Crippen LogP contribution in [0.25, 0.3) is 11.6 Å². The molecule has 0 amide bonds. The molecule has 2 aromatic heterocycles. The summed E-state index contributed by atoms with van der Waals surface area (Å²) in [5.74, 6) is 1.90. The van der Waals surface area contributed by atoms with Crippen LogP contribution in [0.15, 0.2) is 51.6 Å². The summed E-state index contributed by atoms with van der Waals surface area (Å²) in [6.07, 6.45) is 1.54. The molecule has 20 heavy (non-hydrogen) atoms. The molecule has 0 radical (unpaired) electrons. The molecule has 0 saturated carbocycles. The van der Waals surface area contributed by atoms with Crippen LogP contribution in [0.1, 0.15) is 11.5 Å². The Morgan fingerprint density at radius 2 is 2.05 bits per heavy atom. The van der Waals surface area contributed by atoms with Crippen LogP contribution in [0.2, 0.25) is 0 Å². The molecule has 6 heteroatoms. The topological polar surface area (TPSA) is 85.1 Å². The van der Waals surface area contributed by atoms with Gasteiger partial charge in [-0.05, 0) is 36.4 Å². The van der Waals surface area contributed by atoms with Crippen LogP contribution in [-0.4, -0.2) is 10.1 Å². The van der Waals surface area contributed by atoms with Crippen LogP contribution in [0.4, 0.5) is 0 Å². The minimum Gasteiger partial charge on any atom is -0.484 e. The zero-order valence-electron chi connectivity index (χ0n) is 10.3. The van der Waals surface area contributed by atoms with Gasteiger partial charge >= 0.3 is 0 Å². The van der Waals surface area contributed by atoms with E-state index < -0.39 is 0 Å². The SMILES string of the molecule is N#Cc1ccc(OCc2nc(-c3ccco3)no2)cc1. The molecule has 0 N–H and O–H groups in total. The number of benzene rings is 1. The van der Waals surface area contributed by atoms with Crippen molar-refractivity contribution >= 4 is 0 Å². The number of rotatable bonds is 4. The first kappa shape index (κ1) is 12.0. The summed E-state index contributed by atoms with van der Waals surface area (Å²) in [5, 5.41) is 12.5. The van der Waals surface area contributed by atoms with E-state index in [2.05, 4.69) is 10.1 Å². The Kier molecular flexibility index (Phi) is 3.17. The van der Waals surface area contributed by atoms with Crippen molar-refractivity contribution in [1.29, 1.82) is 5.26 Å². The van der Waals surface area contributed by atoms with Gasteiger partial charge in [0.1, 0.15) is 5.75 Å². The second-order valence-electron chi connectivity index (χ2n) is 3.91. The lowest BCUT2D eigenvalue weighted by Crippen LogP contribution is -1.95. The summed E-state index contributed by atoms with van der Waals surface area (Å²) in [6, 6.07) is 12.3. The molecule has 0 aliphatic rings. The van der Waals surface area contributed by atoms with Gasteiger partial charge in [-0.1, -0.05) is 5.16 Å². The van der Waals surface area contributed by atoms with Crippen molar-refractivity contribution in [3.63, 3.8) is 0 Å². The minimum absolute atomic E-state index is 0.152. The largest absolute Gasteiger partial charge is 0.484 e. The standard InChI is InChI=1S/C14H9N3O3/c15-8-10-3-5-11(6-4-10)19-9-13-16-14(17-20-13)12-2-1-7-18-12/h1-7H,9H2. The Labute approximate surface area is 114 Å². The molecule has 2 heterocycles. The number of ether oxygens (including phenoxy) is 1. The molecule has 0 saturated heterocycles. The average Bonchev–Trinajstić information content (AvgIpc) is 3.16. The van der Waals surface area contributed by atoms with Crippen LogP contribution in [0, 0.1) is 11.3 Å². The molecule has 0 aliphatic heterocycles. The highest BCUT2D eigenvalue weighted by atomic mass is 16.5. The predicted molar refractivity (Wildman–Crippen MR) is 67.5 cm³/mol. The number of nitrogens with zero attached hydrogens (tertiary/aromatic N) is 3. The molecule has 0 fully saturated rings. The highest BCUT2D eigenvalue weighted by molar-refractivity contribution is 5.44. The quantitative estimate of drug-likeness (QED) is 0.722. The Morgan fingerprint density at radius 3 is 2.75 bits per heavy atom. The van der Waals surface area contributed by atoms with Gasteiger partial charge in [0.15, 0.2) is 12.4 Å². The zero-order chi connectivity index (χ0) is 13.8. The van der Waals surface area contributed by atoms with E-state index in [0.717, 1.165) is 0 Å². The van der Waals surface area contributed by atoms with Gasteiger partial charge < -0.3 is 13.7 Å². The summed E-state index contributed by atoms with van der Waals surface area (Å²) in [6.45, 7) is 0.152. The van der Waals surface area contributed by atoms with Crippen LogP contribution in [0.5, 0.6) is 5.75 Å². The molecule has 0 bridgehead atoms. The molecular weight excluding hydrogens is 258 g/mol. The number of furan rings is 1. The van der Waals surface area contributed by atoms with Crippen LogP contribution < -0.4 is 4.74 Å². The smallest absolute Gasteiger partial charge is 0.264 e. The summed E-state index contributed by atoms with van der Waals surface area (Å²) < 4.78 is 15.7. The first-order valence-electron chi connectivity index (χ1n) is 5.84. The van der Waals surface area contributed by atoms with Gasteiger partial charge in [-0.15, -0.1) is 0 Å². The lowest BCUT2D eigenvalue weighted by Gasteiger charge is -2.01. The van der Waals surface area contributed by atoms with E-state index in [0.29, 0.717) is 28.8 Å². The summed E-state index contributed by atoms with van der Waals surface area (Å²) in [4.78, 5) is 4.15. The van der Waals surface area contributed by atoms with Gasteiger partial charge in [-0.3, -0.25) is 0 Å². The zero-order valence-corrected chi connectivity index (χ0v) is 10.3. The summed E-state index contributed by atoms with van der Waals surface area (Å²) in [5.41, 5.74) is 0.579. The molecule has 0 spiro atoms. The fourth-order valence-corrected chi connectivity index (χ4v) is 1.59. The molecule has 3 aromatic rings. The van der Waals surface area contributed by atoms with Gasteiger partial charge in [0, 0.05) is 0 Å². The highest BCUT2D eigenvalue weighted by Crippen LogP contribution is 2.17. The fraction of sp³-hybridized carbons (Fsp3) is 0.0714. The summed E-state index contributed by atoms with van der Waals surface area (Å²) >= 11 is 0. The third-order valence-corrected chi connectivity index (χ3v) is 2.56. The first-order chi connectivity index (χ1) is 9.85. The van der Waals surface area contributed by atoms with Gasteiger partial charge in [0.25, 0.3) is 5.89 Å². The fourth-order valence-electron chi connectivity index (χ4n) is 1.59.